The first-order chi connectivity index (χ1) is 10.9. The molecule has 0 saturated carbocycles. The number of carboxylic acids is 1. The zero-order valence-corrected chi connectivity index (χ0v) is 12.9. The van der Waals surface area contributed by atoms with Crippen molar-refractivity contribution in [3.63, 3.8) is 0 Å². The summed E-state index contributed by atoms with van der Waals surface area (Å²) < 4.78 is 12.9. The second-order valence-corrected chi connectivity index (χ2v) is 5.26. The maximum Gasteiger partial charge on any atom is 0.337 e. The van der Waals surface area contributed by atoms with Crippen LogP contribution in [-0.2, 0) is 4.79 Å². The summed E-state index contributed by atoms with van der Waals surface area (Å²) in [6.07, 6.45) is 1.57. The van der Waals surface area contributed by atoms with Crippen molar-refractivity contribution in [1.29, 1.82) is 0 Å². The average molecular weight is 334 g/mol. The molecule has 0 unspecified atom stereocenters. The molecule has 0 heterocycles. The minimum Gasteiger partial charge on any atom is -0.478 e. The van der Waals surface area contributed by atoms with Crippen LogP contribution in [0.4, 0.5) is 10.1 Å². The number of carbonyl (C=O) groups excluding carboxylic acids is 1. The van der Waals surface area contributed by atoms with Crippen LogP contribution in [0, 0.1) is 5.82 Å². The molecule has 0 aromatic heterocycles. The van der Waals surface area contributed by atoms with Gasteiger partial charge in [0, 0.05) is 10.6 Å². The Morgan fingerprint density at radius 2 is 1.83 bits per heavy atom. The highest BCUT2D eigenvalue weighted by Gasteiger charge is 2.14. The molecule has 23 heavy (non-hydrogen) atoms. The van der Waals surface area contributed by atoms with Gasteiger partial charge in [0.1, 0.15) is 5.82 Å². The molecule has 0 bridgehead atoms. The molecule has 0 aliphatic carbocycles. The van der Waals surface area contributed by atoms with Crippen molar-refractivity contribution in [3.05, 3.63) is 70.0 Å². The quantitative estimate of drug-likeness (QED) is 0.823. The van der Waals surface area contributed by atoms with Gasteiger partial charge >= 0.3 is 5.97 Å². The Morgan fingerprint density at radius 3 is 2.43 bits per heavy atom. The minimum atomic E-state index is -1.17. The Bertz CT molecular complexity index is 785. The Morgan fingerprint density at radius 1 is 1.17 bits per heavy atom. The third kappa shape index (κ3) is 4.40. The van der Waals surface area contributed by atoms with Crippen molar-refractivity contribution in [3.8, 4) is 0 Å². The van der Waals surface area contributed by atoms with E-state index in [1.807, 2.05) is 0 Å². The number of carbonyl (C=O) groups is 2. The molecule has 2 aromatic carbocycles. The summed E-state index contributed by atoms with van der Waals surface area (Å²) in [5.74, 6) is -2.01. The normalized spacial score (nSPS) is 11.2. The van der Waals surface area contributed by atoms with Gasteiger partial charge in [-0.15, -0.1) is 0 Å². The molecule has 6 heteroatoms. The number of aromatic carboxylic acids is 1. The molecule has 0 atom stereocenters. The molecule has 2 N–H and O–H groups in total. The highest BCUT2D eigenvalue weighted by Crippen LogP contribution is 2.22. The standard InChI is InChI=1S/C17H13ClFNO3/c1-10(8-11-2-5-13(19)6-3-11)16(21)20-15-9-12(18)4-7-14(15)17(22)23/h2-9H,1H3,(H,20,21)(H,22,23)/b10-8+. The van der Waals surface area contributed by atoms with E-state index in [0.29, 0.717) is 16.2 Å². The Labute approximate surface area is 137 Å². The maximum atomic E-state index is 12.9. The number of nitrogens with one attached hydrogen (secondary N) is 1. The van der Waals surface area contributed by atoms with Crippen molar-refractivity contribution < 1.29 is 19.1 Å². The molecule has 4 nitrogen and oxygen atoms in total. The Balaban J connectivity index is 2.23. The lowest BCUT2D eigenvalue weighted by Crippen LogP contribution is -2.15. The van der Waals surface area contributed by atoms with Crippen molar-refractivity contribution in [2.75, 3.05) is 5.32 Å². The summed E-state index contributed by atoms with van der Waals surface area (Å²) in [6.45, 7) is 1.57. The van der Waals surface area contributed by atoms with Gasteiger partial charge in [0.05, 0.1) is 11.3 Å². The summed E-state index contributed by atoms with van der Waals surface area (Å²) in [4.78, 5) is 23.3. The van der Waals surface area contributed by atoms with Crippen LogP contribution >= 0.6 is 11.6 Å². The fourth-order valence-corrected chi connectivity index (χ4v) is 2.07. The SMILES string of the molecule is C/C(=C\c1ccc(F)cc1)C(=O)Nc1cc(Cl)ccc1C(=O)O. The van der Waals surface area contributed by atoms with E-state index < -0.39 is 11.9 Å². The van der Waals surface area contributed by atoms with Gasteiger partial charge in [0.25, 0.3) is 5.91 Å². The van der Waals surface area contributed by atoms with Crippen LogP contribution in [0.1, 0.15) is 22.8 Å². The second-order valence-electron chi connectivity index (χ2n) is 4.83. The zero-order chi connectivity index (χ0) is 17.0. The predicted molar refractivity (Wildman–Crippen MR) is 87.1 cm³/mol. The van der Waals surface area contributed by atoms with E-state index in [4.69, 9.17) is 16.7 Å². The minimum absolute atomic E-state index is 0.0580. The third-order valence-electron chi connectivity index (χ3n) is 3.07. The van der Waals surface area contributed by atoms with Gasteiger partial charge in [-0.1, -0.05) is 23.7 Å². The molecular formula is C17H13ClFNO3. The molecule has 0 spiro atoms. The molecule has 2 aromatic rings. The van der Waals surface area contributed by atoms with Crippen LogP contribution in [0.2, 0.25) is 5.02 Å². The summed E-state index contributed by atoms with van der Waals surface area (Å²) in [5.41, 5.74) is 1.05. The lowest BCUT2D eigenvalue weighted by molar-refractivity contribution is -0.112. The number of benzene rings is 2. The molecule has 0 radical (unpaired) electrons. The number of rotatable bonds is 4. The van der Waals surface area contributed by atoms with E-state index in [0.717, 1.165) is 0 Å². The predicted octanol–water partition coefficient (Wildman–Crippen LogP) is 4.22. The molecule has 0 aliphatic heterocycles. The number of carboxylic acid groups (broad SMARTS) is 1. The van der Waals surface area contributed by atoms with Gasteiger partial charge in [-0.3, -0.25) is 4.79 Å². The van der Waals surface area contributed by atoms with Crippen LogP contribution in [0.3, 0.4) is 0 Å². The van der Waals surface area contributed by atoms with Gasteiger partial charge in [-0.25, -0.2) is 9.18 Å². The summed E-state index contributed by atoms with van der Waals surface area (Å²) >= 11 is 5.83. The first-order valence-corrected chi connectivity index (χ1v) is 7.02. The highest BCUT2D eigenvalue weighted by atomic mass is 35.5. The largest absolute Gasteiger partial charge is 0.478 e. The van der Waals surface area contributed by atoms with Crippen LogP contribution in [-0.4, -0.2) is 17.0 Å². The van der Waals surface area contributed by atoms with Gasteiger partial charge in [0.2, 0.25) is 0 Å². The summed E-state index contributed by atoms with van der Waals surface area (Å²) in [5, 5.41) is 12.0. The molecule has 2 rings (SSSR count). The fourth-order valence-electron chi connectivity index (χ4n) is 1.90. The summed E-state index contributed by atoms with van der Waals surface area (Å²) in [7, 11) is 0. The van der Waals surface area contributed by atoms with Crippen LogP contribution < -0.4 is 5.32 Å². The Kier molecular flexibility index (Phi) is 5.13. The van der Waals surface area contributed by atoms with E-state index in [1.54, 1.807) is 13.0 Å². The van der Waals surface area contributed by atoms with Crippen LogP contribution in [0.15, 0.2) is 48.0 Å². The highest BCUT2D eigenvalue weighted by molar-refractivity contribution is 6.31. The van der Waals surface area contributed by atoms with E-state index in [1.165, 1.54) is 42.5 Å². The van der Waals surface area contributed by atoms with Crippen molar-refractivity contribution in [2.24, 2.45) is 0 Å². The number of hydrogen-bond acceptors (Lipinski definition) is 2. The monoisotopic (exact) mass is 333 g/mol. The molecule has 0 saturated heterocycles. The van der Waals surface area contributed by atoms with Crippen molar-refractivity contribution >= 4 is 35.2 Å². The topological polar surface area (TPSA) is 66.4 Å². The lowest BCUT2D eigenvalue weighted by atomic mass is 10.1. The number of halogens is 2. The molecule has 1 amide bonds. The van der Waals surface area contributed by atoms with Gasteiger partial charge in [0.15, 0.2) is 0 Å². The van der Waals surface area contributed by atoms with Gasteiger partial charge in [-0.05, 0) is 48.9 Å². The molecule has 118 valence electrons. The molecule has 0 fully saturated rings. The summed E-state index contributed by atoms with van der Waals surface area (Å²) in [6, 6.07) is 9.77. The number of hydrogen-bond donors (Lipinski definition) is 2. The maximum absolute atomic E-state index is 12.9. The lowest BCUT2D eigenvalue weighted by Gasteiger charge is -2.09. The first kappa shape index (κ1) is 16.7. The van der Waals surface area contributed by atoms with Crippen molar-refractivity contribution in [1.82, 2.24) is 0 Å². The molecule has 0 aliphatic rings. The number of amides is 1. The van der Waals surface area contributed by atoms with Crippen molar-refractivity contribution in [2.45, 2.75) is 6.92 Å². The smallest absolute Gasteiger partial charge is 0.337 e. The van der Waals surface area contributed by atoms with Gasteiger partial charge < -0.3 is 10.4 Å². The third-order valence-corrected chi connectivity index (χ3v) is 3.31. The first-order valence-electron chi connectivity index (χ1n) is 6.65. The van der Waals surface area contributed by atoms with E-state index in [2.05, 4.69) is 5.32 Å². The van der Waals surface area contributed by atoms with Crippen LogP contribution in [0.25, 0.3) is 6.08 Å². The Hall–Kier alpha value is -2.66. The number of anilines is 1. The fraction of sp³-hybridized carbons (Fsp3) is 0.0588. The van der Waals surface area contributed by atoms with Gasteiger partial charge in [-0.2, -0.15) is 0 Å². The second kappa shape index (κ2) is 7.07. The molecular weight excluding hydrogens is 321 g/mol. The van der Waals surface area contributed by atoms with E-state index >= 15 is 0 Å². The van der Waals surface area contributed by atoms with E-state index in [9.17, 15) is 14.0 Å². The zero-order valence-electron chi connectivity index (χ0n) is 12.1. The van der Waals surface area contributed by atoms with Crippen LogP contribution in [0.5, 0.6) is 0 Å². The average Bonchev–Trinajstić information content (AvgIpc) is 2.49. The van der Waals surface area contributed by atoms with E-state index in [-0.39, 0.29) is 17.1 Å².